The molecule has 2 rings (SSSR count). The maximum atomic E-state index is 14.3. The van der Waals surface area contributed by atoms with Crippen LogP contribution in [0.25, 0.3) is 0 Å². The van der Waals surface area contributed by atoms with Gasteiger partial charge in [-0.2, -0.15) is 0 Å². The normalized spacial score (nSPS) is 13.1. The van der Waals surface area contributed by atoms with E-state index in [9.17, 15) is 22.4 Å². The lowest BCUT2D eigenvalue weighted by Crippen LogP contribution is -2.49. The number of rotatable bonds is 12. The highest BCUT2D eigenvalue weighted by molar-refractivity contribution is 7.92. The van der Waals surface area contributed by atoms with Crippen molar-refractivity contribution in [3.8, 4) is 0 Å². The zero-order valence-electron chi connectivity index (χ0n) is 21.1. The SMILES string of the molecule is CC[C@@H](C)NC(=O)[C@@H](C)N(Cc1ccccc1F)C(=O)CCCN(c1ccc(C)cc1)S(C)(=O)=O. The number of halogens is 1. The number of carbonyl (C=O) groups is 2. The van der Waals surface area contributed by atoms with Gasteiger partial charge < -0.3 is 10.2 Å². The average molecular weight is 506 g/mol. The molecule has 7 nitrogen and oxygen atoms in total. The second kappa shape index (κ2) is 12.7. The molecule has 0 heterocycles. The van der Waals surface area contributed by atoms with Crippen LogP contribution in [0.4, 0.5) is 10.1 Å². The van der Waals surface area contributed by atoms with Gasteiger partial charge in [-0.3, -0.25) is 13.9 Å². The topological polar surface area (TPSA) is 86.8 Å². The van der Waals surface area contributed by atoms with Gasteiger partial charge in [-0.05, 0) is 51.8 Å². The number of sulfonamides is 1. The van der Waals surface area contributed by atoms with Gasteiger partial charge in [-0.25, -0.2) is 12.8 Å². The van der Waals surface area contributed by atoms with Crippen LogP contribution >= 0.6 is 0 Å². The maximum absolute atomic E-state index is 14.3. The summed E-state index contributed by atoms with van der Waals surface area (Å²) < 4.78 is 40.3. The van der Waals surface area contributed by atoms with E-state index in [1.54, 1.807) is 37.3 Å². The van der Waals surface area contributed by atoms with Crippen molar-refractivity contribution in [1.82, 2.24) is 10.2 Å². The van der Waals surface area contributed by atoms with E-state index in [0.29, 0.717) is 11.3 Å². The standard InChI is InChI=1S/C26H36FN3O4S/c1-6-20(3)28-26(32)21(4)29(18-22-10-7-8-11-24(22)27)25(31)12-9-17-30(35(5,33)34)23-15-13-19(2)14-16-23/h7-8,10-11,13-16,20-21H,6,9,12,17-18H2,1-5H3,(H,28,32)/t20-,21-/m1/s1. The Morgan fingerprint density at radius 1 is 1.06 bits per heavy atom. The number of anilines is 1. The van der Waals surface area contributed by atoms with E-state index in [1.165, 1.54) is 15.3 Å². The number of aryl methyl sites for hydroxylation is 1. The van der Waals surface area contributed by atoms with Crippen LogP contribution in [0.5, 0.6) is 0 Å². The number of hydrogen-bond acceptors (Lipinski definition) is 4. The number of nitrogens with zero attached hydrogens (tertiary/aromatic N) is 2. The summed E-state index contributed by atoms with van der Waals surface area (Å²) in [5.74, 6) is -1.12. The van der Waals surface area contributed by atoms with Crippen LogP contribution in [-0.4, -0.2) is 50.0 Å². The minimum atomic E-state index is -3.55. The number of amides is 2. The van der Waals surface area contributed by atoms with Gasteiger partial charge in [0.2, 0.25) is 21.8 Å². The fourth-order valence-electron chi connectivity index (χ4n) is 3.57. The zero-order valence-corrected chi connectivity index (χ0v) is 21.9. The van der Waals surface area contributed by atoms with Gasteiger partial charge in [0.1, 0.15) is 11.9 Å². The van der Waals surface area contributed by atoms with E-state index in [1.807, 2.05) is 32.9 Å². The smallest absolute Gasteiger partial charge is 0.242 e. The first-order valence-electron chi connectivity index (χ1n) is 11.8. The predicted octanol–water partition coefficient (Wildman–Crippen LogP) is 4.01. The molecular formula is C26H36FN3O4S. The van der Waals surface area contributed by atoms with E-state index in [-0.39, 0.29) is 43.8 Å². The van der Waals surface area contributed by atoms with Gasteiger partial charge in [0.25, 0.3) is 0 Å². The van der Waals surface area contributed by atoms with Crippen molar-refractivity contribution in [3.05, 3.63) is 65.5 Å². The summed E-state index contributed by atoms with van der Waals surface area (Å²) in [6.07, 6.45) is 2.11. The molecule has 9 heteroatoms. The van der Waals surface area contributed by atoms with Crippen LogP contribution in [-0.2, 0) is 26.2 Å². The monoisotopic (exact) mass is 505 g/mol. The van der Waals surface area contributed by atoms with Crippen LogP contribution in [0.15, 0.2) is 48.5 Å². The first-order valence-corrected chi connectivity index (χ1v) is 13.7. The van der Waals surface area contributed by atoms with E-state index >= 15 is 0 Å². The molecule has 0 saturated heterocycles. The van der Waals surface area contributed by atoms with Gasteiger partial charge in [0.15, 0.2) is 0 Å². The van der Waals surface area contributed by atoms with Gasteiger partial charge >= 0.3 is 0 Å². The summed E-state index contributed by atoms with van der Waals surface area (Å²) in [5.41, 5.74) is 1.84. The molecule has 2 aromatic carbocycles. The van der Waals surface area contributed by atoms with E-state index in [2.05, 4.69) is 5.32 Å². The molecule has 2 aromatic rings. The first kappa shape index (κ1) is 28.3. The molecule has 0 fully saturated rings. The summed E-state index contributed by atoms with van der Waals surface area (Å²) >= 11 is 0. The highest BCUT2D eigenvalue weighted by atomic mass is 32.2. The van der Waals surface area contributed by atoms with Gasteiger partial charge in [0.05, 0.1) is 11.9 Å². The largest absolute Gasteiger partial charge is 0.352 e. The number of nitrogens with one attached hydrogen (secondary N) is 1. The molecule has 0 saturated carbocycles. The summed E-state index contributed by atoms with van der Waals surface area (Å²) in [6.45, 7) is 7.39. The Balaban J connectivity index is 2.18. The molecule has 2 atom stereocenters. The van der Waals surface area contributed by atoms with Crippen LogP contribution in [0.1, 0.15) is 51.2 Å². The Morgan fingerprint density at radius 3 is 2.26 bits per heavy atom. The van der Waals surface area contributed by atoms with Crippen LogP contribution in [0.3, 0.4) is 0 Å². The Labute approximate surface area is 208 Å². The van der Waals surface area contributed by atoms with Crippen LogP contribution in [0, 0.1) is 12.7 Å². The minimum Gasteiger partial charge on any atom is -0.352 e. The molecule has 0 radical (unpaired) electrons. The van der Waals surface area contributed by atoms with Crippen molar-refractivity contribution in [1.29, 1.82) is 0 Å². The summed E-state index contributed by atoms with van der Waals surface area (Å²) in [6, 6.07) is 12.4. The average Bonchev–Trinajstić information content (AvgIpc) is 2.80. The minimum absolute atomic E-state index is 0.00723. The van der Waals surface area contributed by atoms with Gasteiger partial charge in [-0.15, -0.1) is 0 Å². The summed E-state index contributed by atoms with van der Waals surface area (Å²) in [4.78, 5) is 27.4. The quantitative estimate of drug-likeness (QED) is 0.472. The summed E-state index contributed by atoms with van der Waals surface area (Å²) in [5, 5.41) is 2.87. The third-order valence-corrected chi connectivity index (χ3v) is 7.14. The number of carbonyl (C=O) groups excluding carboxylic acids is 2. The Morgan fingerprint density at radius 2 is 1.69 bits per heavy atom. The zero-order chi connectivity index (χ0) is 26.2. The van der Waals surface area contributed by atoms with Gasteiger partial charge in [0, 0.05) is 31.1 Å². The molecule has 35 heavy (non-hydrogen) atoms. The van der Waals surface area contributed by atoms with Crippen molar-refractivity contribution in [3.63, 3.8) is 0 Å². The molecule has 0 spiro atoms. The molecule has 0 aliphatic rings. The van der Waals surface area contributed by atoms with Crippen LogP contribution in [0.2, 0.25) is 0 Å². The molecular weight excluding hydrogens is 469 g/mol. The molecule has 1 N–H and O–H groups in total. The number of hydrogen-bond donors (Lipinski definition) is 1. The highest BCUT2D eigenvalue weighted by Gasteiger charge is 2.27. The van der Waals surface area contributed by atoms with Crippen LogP contribution < -0.4 is 9.62 Å². The molecule has 0 aliphatic heterocycles. The van der Waals surface area contributed by atoms with Crippen molar-refractivity contribution < 1.29 is 22.4 Å². The van der Waals surface area contributed by atoms with E-state index in [4.69, 9.17) is 0 Å². The Kier molecular flexibility index (Phi) is 10.2. The molecule has 192 valence electrons. The Hall–Kier alpha value is -2.94. The number of benzene rings is 2. The lowest BCUT2D eigenvalue weighted by atomic mass is 10.1. The fraction of sp³-hybridized carbons (Fsp3) is 0.462. The first-order chi connectivity index (χ1) is 16.4. The van der Waals surface area contributed by atoms with Crippen molar-refractivity contribution >= 4 is 27.5 Å². The molecule has 0 bridgehead atoms. The second-order valence-corrected chi connectivity index (χ2v) is 10.8. The van der Waals surface area contributed by atoms with E-state index < -0.39 is 21.9 Å². The maximum Gasteiger partial charge on any atom is 0.242 e. The molecule has 0 unspecified atom stereocenters. The third kappa shape index (κ3) is 8.35. The fourth-order valence-corrected chi connectivity index (χ4v) is 4.54. The molecule has 0 aliphatic carbocycles. The molecule has 0 aromatic heterocycles. The molecule has 2 amide bonds. The summed E-state index contributed by atoms with van der Waals surface area (Å²) in [7, 11) is -3.55. The third-order valence-electron chi connectivity index (χ3n) is 5.94. The second-order valence-electron chi connectivity index (χ2n) is 8.88. The highest BCUT2D eigenvalue weighted by Crippen LogP contribution is 2.20. The van der Waals surface area contributed by atoms with Crippen molar-refractivity contribution in [2.24, 2.45) is 0 Å². The predicted molar refractivity (Wildman–Crippen MR) is 137 cm³/mol. The van der Waals surface area contributed by atoms with Crippen molar-refractivity contribution in [2.45, 2.75) is 65.6 Å². The lowest BCUT2D eigenvalue weighted by molar-refractivity contribution is -0.141. The van der Waals surface area contributed by atoms with E-state index in [0.717, 1.165) is 18.2 Å². The van der Waals surface area contributed by atoms with Crippen molar-refractivity contribution in [2.75, 3.05) is 17.1 Å². The lowest BCUT2D eigenvalue weighted by Gasteiger charge is -2.30. The van der Waals surface area contributed by atoms with Gasteiger partial charge in [-0.1, -0.05) is 42.8 Å². The Bertz CT molecular complexity index is 1110.